The van der Waals surface area contributed by atoms with Crippen LogP contribution in [-0.2, 0) is 32.5 Å². The Balaban J connectivity index is 1.23. The maximum Gasteiger partial charge on any atom is 0.292 e. The molecule has 0 amide bonds. The van der Waals surface area contributed by atoms with Crippen LogP contribution in [0.1, 0.15) is 170 Å². The van der Waals surface area contributed by atoms with Gasteiger partial charge in [-0.1, -0.05) is 152 Å². The lowest BCUT2D eigenvalue weighted by Gasteiger charge is -2.52. The van der Waals surface area contributed by atoms with E-state index in [-0.39, 0.29) is 51.2 Å². The van der Waals surface area contributed by atoms with Crippen molar-refractivity contribution in [3.05, 3.63) is 141 Å². The van der Waals surface area contributed by atoms with Crippen molar-refractivity contribution in [3.8, 4) is 0 Å². The number of fused-ring (bicyclic) bond motifs is 11. The average Bonchev–Trinajstić information content (AvgIpc) is 3.86. The number of furan rings is 2. The van der Waals surface area contributed by atoms with E-state index in [2.05, 4.69) is 212 Å². The normalized spacial score (nSPS) is 22.0. The van der Waals surface area contributed by atoms with Gasteiger partial charge in [0, 0.05) is 45.4 Å². The molecule has 2 aliphatic heterocycles. The lowest BCUT2D eigenvalue weighted by molar-refractivity contribution is 0.332. The van der Waals surface area contributed by atoms with Crippen molar-refractivity contribution in [1.82, 2.24) is 0 Å². The van der Waals surface area contributed by atoms with Crippen LogP contribution in [0.5, 0.6) is 0 Å². The van der Waals surface area contributed by atoms with Crippen molar-refractivity contribution in [2.75, 3.05) is 9.80 Å². The van der Waals surface area contributed by atoms with Crippen molar-refractivity contribution in [1.29, 1.82) is 0 Å². The zero-order valence-electron chi connectivity index (χ0n) is 44.3. The van der Waals surface area contributed by atoms with Crippen LogP contribution in [-0.4, -0.2) is 12.8 Å². The van der Waals surface area contributed by atoms with Crippen LogP contribution in [0.15, 0.2) is 104 Å². The summed E-state index contributed by atoms with van der Waals surface area (Å²) in [6.07, 6.45) is 7.20. The summed E-state index contributed by atoms with van der Waals surface area (Å²) in [5, 5.41) is 3.35. The highest BCUT2D eigenvalue weighted by atomic mass is 16.3. The van der Waals surface area contributed by atoms with Gasteiger partial charge >= 0.3 is 0 Å². The summed E-state index contributed by atoms with van der Waals surface area (Å²) in [6, 6.07) is 35.5. The van der Waals surface area contributed by atoms with Crippen LogP contribution in [0, 0.1) is 18.1 Å². The highest BCUT2D eigenvalue weighted by molar-refractivity contribution is 6.93. The second kappa shape index (κ2) is 14.1. The fraction of sp³-hybridized carbons (Fsp3) is 0.438. The molecule has 5 aromatic carbocycles. The van der Waals surface area contributed by atoms with E-state index in [4.69, 9.17) is 8.83 Å². The summed E-state index contributed by atoms with van der Waals surface area (Å²) in [4.78, 5) is 5.37. The smallest absolute Gasteiger partial charge is 0.292 e. The molecule has 0 fully saturated rings. The Morgan fingerprint density at radius 3 is 2.00 bits per heavy atom. The quantitative estimate of drug-likeness (QED) is 0.162. The monoisotopic (exact) mass is 911 g/mol. The van der Waals surface area contributed by atoms with Crippen molar-refractivity contribution >= 4 is 73.5 Å². The predicted molar refractivity (Wildman–Crippen MR) is 291 cm³/mol. The Bertz CT molecular complexity index is 3420. The van der Waals surface area contributed by atoms with Gasteiger partial charge in [0.1, 0.15) is 11.2 Å². The van der Waals surface area contributed by atoms with E-state index < -0.39 is 0 Å². The van der Waals surface area contributed by atoms with Crippen LogP contribution in [0.3, 0.4) is 0 Å². The van der Waals surface area contributed by atoms with Crippen molar-refractivity contribution in [2.24, 2.45) is 5.92 Å². The maximum absolute atomic E-state index is 7.55. The molecular weight excluding hydrogens is 840 g/mol. The first-order chi connectivity index (χ1) is 32.3. The molecule has 2 unspecified atom stereocenters. The number of nitrogens with zero attached hydrogens (tertiary/aromatic N) is 2. The number of allylic oxidation sites excluding steroid dienone is 1. The minimum Gasteiger partial charge on any atom is -0.468 e. The second-order valence-corrected chi connectivity index (χ2v) is 26.6. The molecule has 0 bridgehead atoms. The molecule has 4 heterocycles. The van der Waals surface area contributed by atoms with Gasteiger partial charge in [0.2, 0.25) is 0 Å². The summed E-state index contributed by atoms with van der Waals surface area (Å²) in [5.74, 6) is 0.164. The van der Waals surface area contributed by atoms with Crippen molar-refractivity contribution in [3.63, 3.8) is 0 Å². The van der Waals surface area contributed by atoms with E-state index >= 15 is 0 Å². The van der Waals surface area contributed by atoms with E-state index in [0.29, 0.717) is 0 Å². The summed E-state index contributed by atoms with van der Waals surface area (Å²) in [6.45, 7) is 38.2. The lowest BCUT2D eigenvalue weighted by atomic mass is 9.32. The largest absolute Gasteiger partial charge is 0.468 e. The number of rotatable bonds is 2. The molecule has 4 nitrogen and oxygen atoms in total. The zero-order valence-corrected chi connectivity index (χ0v) is 44.3. The third-order valence-corrected chi connectivity index (χ3v) is 18.1. The fourth-order valence-electron chi connectivity index (χ4n) is 13.5. The van der Waals surface area contributed by atoms with E-state index in [1.54, 1.807) is 0 Å². The lowest BCUT2D eigenvalue weighted by Crippen LogP contribution is -2.62. The SMILES string of the molecule is CC1=CC2=C3B(c4cc5c(cc4N2c2ccc4c(c2)C(C)(C)CCC4(C)C)C(C)(C)CCC5(C)C)c2oc4ccc(C(C)(C)C)cc4c2N(c2cc#cc4oc5c(C(C)(C)C)cccc5c24)C3C1C. The molecule has 0 saturated carbocycles. The highest BCUT2D eigenvalue weighted by Crippen LogP contribution is 2.56. The van der Waals surface area contributed by atoms with Gasteiger partial charge in [-0.3, -0.25) is 0 Å². The molecule has 0 saturated heterocycles. The van der Waals surface area contributed by atoms with Gasteiger partial charge in [-0.05, 0) is 146 Å². The van der Waals surface area contributed by atoms with Crippen LogP contribution in [0.2, 0.25) is 0 Å². The molecular formula is C64H71BN2O2. The molecule has 2 atom stereocenters. The molecule has 69 heavy (non-hydrogen) atoms. The van der Waals surface area contributed by atoms with Gasteiger partial charge in [0.15, 0.2) is 5.58 Å². The molecule has 3 aliphatic carbocycles. The number of para-hydroxylation sites is 1. The standard InChI is InChI=1S/C64H71BN2O2/c1-36-31-50-54-55(37(36)2)67(48-21-18-22-52-53(48)40-19-17-20-43(57(40)68-52)60(6,7)8)56-41-32-38(59(3,4)5)23-26-51(41)69-58(56)65(54)47-34-45-46(64(15,16)30-29-63(45,13)14)35-49(47)66(50)39-24-25-42-44(33-39)62(11,12)28-27-61(42,9)10/h17,19-21,23-26,31-35,37,55H,27-30H2,1-16H3. The van der Waals surface area contributed by atoms with Gasteiger partial charge in [-0.15, -0.1) is 0 Å². The van der Waals surface area contributed by atoms with Crippen LogP contribution in [0.25, 0.3) is 32.9 Å². The van der Waals surface area contributed by atoms with E-state index in [0.717, 1.165) is 62.8 Å². The molecule has 7 aromatic rings. The fourth-order valence-corrected chi connectivity index (χ4v) is 13.5. The van der Waals surface area contributed by atoms with Gasteiger partial charge in [0.25, 0.3) is 6.71 Å². The molecule has 5 aliphatic rings. The number of anilines is 4. The Hall–Kier alpha value is -5.60. The summed E-state index contributed by atoms with van der Waals surface area (Å²) in [7, 11) is 0. The van der Waals surface area contributed by atoms with Crippen LogP contribution >= 0.6 is 0 Å². The highest BCUT2D eigenvalue weighted by Gasteiger charge is 2.54. The first kappa shape index (κ1) is 44.6. The van der Waals surface area contributed by atoms with Crippen molar-refractivity contribution < 1.29 is 8.83 Å². The minimum absolute atomic E-state index is 0.0196. The van der Waals surface area contributed by atoms with Crippen molar-refractivity contribution in [2.45, 2.75) is 175 Å². The zero-order chi connectivity index (χ0) is 48.9. The topological polar surface area (TPSA) is 32.8 Å². The summed E-state index contributed by atoms with van der Waals surface area (Å²) < 4.78 is 14.5. The Labute approximate surface area is 412 Å². The number of hydrogen-bond acceptors (Lipinski definition) is 4. The first-order valence-electron chi connectivity index (χ1n) is 26.0. The number of benzene rings is 4. The van der Waals surface area contributed by atoms with E-state index in [9.17, 15) is 0 Å². The summed E-state index contributed by atoms with van der Waals surface area (Å²) in [5.41, 5.74) is 22.2. The van der Waals surface area contributed by atoms with Crippen LogP contribution in [0.4, 0.5) is 22.7 Å². The van der Waals surface area contributed by atoms with Gasteiger partial charge in [-0.25, -0.2) is 0 Å². The predicted octanol–water partition coefficient (Wildman–Crippen LogP) is 15.9. The molecule has 0 N–H and O–H groups in total. The number of hydrogen-bond donors (Lipinski definition) is 0. The molecule has 352 valence electrons. The van der Waals surface area contributed by atoms with E-state index in [1.807, 2.05) is 0 Å². The molecule has 0 radical (unpaired) electrons. The molecule has 2 aromatic heterocycles. The van der Waals surface area contributed by atoms with Gasteiger partial charge in [-0.2, -0.15) is 0 Å². The van der Waals surface area contributed by atoms with Gasteiger partial charge < -0.3 is 18.6 Å². The maximum atomic E-state index is 7.55. The first-order valence-corrected chi connectivity index (χ1v) is 26.0. The third kappa shape index (κ3) is 6.28. The van der Waals surface area contributed by atoms with Crippen LogP contribution < -0.4 is 20.9 Å². The third-order valence-electron chi connectivity index (χ3n) is 18.1. The molecule has 5 heteroatoms. The summed E-state index contributed by atoms with van der Waals surface area (Å²) >= 11 is 0. The van der Waals surface area contributed by atoms with Gasteiger partial charge in [0.05, 0.1) is 28.5 Å². The minimum atomic E-state index is -0.115. The Kier molecular flexibility index (Phi) is 9.08. The van der Waals surface area contributed by atoms with E-state index in [1.165, 1.54) is 79.8 Å². The second-order valence-electron chi connectivity index (χ2n) is 26.6. The Morgan fingerprint density at radius 2 is 1.33 bits per heavy atom. The average molecular weight is 911 g/mol. The molecule has 0 spiro atoms. The Morgan fingerprint density at radius 1 is 0.681 bits per heavy atom. The molecule has 12 rings (SSSR count).